The molecule has 116 valence electrons. The summed E-state index contributed by atoms with van der Waals surface area (Å²) in [5.41, 5.74) is 0.926. The van der Waals surface area contributed by atoms with Crippen LogP contribution in [0.15, 0.2) is 29.2 Å². The Hall–Kier alpha value is -1.48. The minimum Gasteiger partial charge on any atom is -0.378 e. The first kappa shape index (κ1) is 15.9. The molecule has 1 unspecified atom stereocenters. The number of benzene rings is 1. The van der Waals surface area contributed by atoms with Gasteiger partial charge in [-0.2, -0.15) is 0 Å². The van der Waals surface area contributed by atoms with Gasteiger partial charge in [0.2, 0.25) is 15.9 Å². The Kier molecular flexibility index (Phi) is 5.29. The second-order valence-electron chi connectivity index (χ2n) is 4.81. The molecule has 7 nitrogen and oxygen atoms in total. The first-order valence-corrected chi connectivity index (χ1v) is 8.22. The third kappa shape index (κ3) is 4.78. The Morgan fingerprint density at radius 2 is 2.10 bits per heavy atom. The van der Waals surface area contributed by atoms with Crippen LogP contribution in [0.1, 0.15) is 5.56 Å². The van der Waals surface area contributed by atoms with E-state index in [4.69, 9.17) is 9.88 Å². The number of carbonyl (C=O) groups excluding carboxylic acids is 1. The predicted octanol–water partition coefficient (Wildman–Crippen LogP) is -1.02. The summed E-state index contributed by atoms with van der Waals surface area (Å²) in [6.07, 6.45) is 0.615. The van der Waals surface area contributed by atoms with Crippen molar-refractivity contribution in [3.8, 4) is 0 Å². The van der Waals surface area contributed by atoms with Gasteiger partial charge in [0, 0.05) is 13.1 Å². The number of hydrogen-bond acceptors (Lipinski definition) is 5. The maximum Gasteiger partial charge on any atom is 0.239 e. The van der Waals surface area contributed by atoms with Gasteiger partial charge in [0.05, 0.1) is 18.1 Å². The largest absolute Gasteiger partial charge is 0.378 e. The van der Waals surface area contributed by atoms with Crippen LogP contribution in [0.4, 0.5) is 0 Å². The SMILES string of the molecule is NS(=O)(=O)c1ccc(CCNC(=O)C2COCCN2)cc1. The van der Waals surface area contributed by atoms with Gasteiger partial charge < -0.3 is 15.4 Å². The van der Waals surface area contributed by atoms with Gasteiger partial charge in [-0.05, 0) is 24.1 Å². The standard InChI is InChI=1S/C13H19N3O4S/c14-21(18,19)11-3-1-10(2-4-11)5-6-16-13(17)12-9-20-8-7-15-12/h1-4,12,15H,5-9H2,(H,16,17)(H2,14,18,19). The molecule has 0 aromatic heterocycles. The summed E-state index contributed by atoms with van der Waals surface area (Å²) >= 11 is 0. The summed E-state index contributed by atoms with van der Waals surface area (Å²) in [5, 5.41) is 10.9. The van der Waals surface area contributed by atoms with E-state index in [-0.39, 0.29) is 16.8 Å². The van der Waals surface area contributed by atoms with E-state index in [1.54, 1.807) is 12.1 Å². The Bertz CT molecular complexity index is 580. The normalized spacial score (nSPS) is 19.2. The smallest absolute Gasteiger partial charge is 0.239 e. The molecule has 8 heteroatoms. The Morgan fingerprint density at radius 1 is 1.38 bits per heavy atom. The average molecular weight is 313 g/mol. The van der Waals surface area contributed by atoms with Gasteiger partial charge in [0.15, 0.2) is 0 Å². The van der Waals surface area contributed by atoms with E-state index in [0.29, 0.717) is 32.7 Å². The lowest BCUT2D eigenvalue weighted by Gasteiger charge is -2.22. The fourth-order valence-electron chi connectivity index (χ4n) is 2.03. The summed E-state index contributed by atoms with van der Waals surface area (Å²) in [5.74, 6) is -0.0872. The number of nitrogens with two attached hydrogens (primary N) is 1. The number of morpholine rings is 1. The van der Waals surface area contributed by atoms with Crippen LogP contribution in [0.25, 0.3) is 0 Å². The molecule has 0 spiro atoms. The summed E-state index contributed by atoms with van der Waals surface area (Å²) in [4.78, 5) is 11.9. The zero-order valence-electron chi connectivity index (χ0n) is 11.5. The maximum atomic E-state index is 11.8. The molecule has 1 heterocycles. The van der Waals surface area contributed by atoms with E-state index in [9.17, 15) is 13.2 Å². The van der Waals surface area contributed by atoms with Crippen molar-refractivity contribution < 1.29 is 17.9 Å². The van der Waals surface area contributed by atoms with Crippen LogP contribution in [0.3, 0.4) is 0 Å². The molecule has 2 rings (SSSR count). The molecule has 1 fully saturated rings. The van der Waals surface area contributed by atoms with E-state index in [1.165, 1.54) is 12.1 Å². The van der Waals surface area contributed by atoms with Crippen molar-refractivity contribution in [1.82, 2.24) is 10.6 Å². The van der Waals surface area contributed by atoms with Crippen molar-refractivity contribution in [1.29, 1.82) is 0 Å². The van der Waals surface area contributed by atoms with E-state index in [1.807, 2.05) is 0 Å². The molecule has 1 amide bonds. The van der Waals surface area contributed by atoms with Gasteiger partial charge in [0.25, 0.3) is 0 Å². The highest BCUT2D eigenvalue weighted by Gasteiger charge is 2.20. The van der Waals surface area contributed by atoms with Gasteiger partial charge in [-0.15, -0.1) is 0 Å². The van der Waals surface area contributed by atoms with Crippen molar-refractivity contribution >= 4 is 15.9 Å². The van der Waals surface area contributed by atoms with Gasteiger partial charge in [0.1, 0.15) is 6.04 Å². The molecule has 0 radical (unpaired) electrons. The number of rotatable bonds is 5. The summed E-state index contributed by atoms with van der Waals surface area (Å²) in [6.45, 7) is 2.16. The van der Waals surface area contributed by atoms with Crippen LogP contribution in [-0.2, 0) is 26.0 Å². The van der Waals surface area contributed by atoms with Crippen LogP contribution in [0.5, 0.6) is 0 Å². The zero-order valence-corrected chi connectivity index (χ0v) is 12.4. The third-order valence-corrected chi connectivity index (χ3v) is 4.13. The van der Waals surface area contributed by atoms with Crippen molar-refractivity contribution in [3.05, 3.63) is 29.8 Å². The van der Waals surface area contributed by atoms with E-state index < -0.39 is 10.0 Å². The maximum absolute atomic E-state index is 11.8. The second kappa shape index (κ2) is 6.99. The van der Waals surface area contributed by atoms with Crippen molar-refractivity contribution in [2.24, 2.45) is 5.14 Å². The average Bonchev–Trinajstić information content (AvgIpc) is 2.47. The number of sulfonamides is 1. The molecular formula is C13H19N3O4S. The second-order valence-corrected chi connectivity index (χ2v) is 6.37. The summed E-state index contributed by atoms with van der Waals surface area (Å²) < 4.78 is 27.5. The number of nitrogens with one attached hydrogen (secondary N) is 2. The van der Waals surface area contributed by atoms with Crippen molar-refractivity contribution in [2.75, 3.05) is 26.3 Å². The molecule has 0 aliphatic carbocycles. The van der Waals surface area contributed by atoms with Crippen LogP contribution in [0.2, 0.25) is 0 Å². The highest BCUT2D eigenvalue weighted by atomic mass is 32.2. The van der Waals surface area contributed by atoms with Crippen LogP contribution in [0, 0.1) is 0 Å². The van der Waals surface area contributed by atoms with E-state index in [2.05, 4.69) is 10.6 Å². The van der Waals surface area contributed by atoms with Crippen LogP contribution < -0.4 is 15.8 Å². The van der Waals surface area contributed by atoms with Gasteiger partial charge in [-0.1, -0.05) is 12.1 Å². The van der Waals surface area contributed by atoms with Gasteiger partial charge in [-0.3, -0.25) is 4.79 Å². The van der Waals surface area contributed by atoms with E-state index in [0.717, 1.165) is 5.56 Å². The molecule has 1 aromatic carbocycles. The monoisotopic (exact) mass is 313 g/mol. The minimum absolute atomic E-state index is 0.0823. The molecule has 0 saturated carbocycles. The zero-order chi connectivity index (χ0) is 15.3. The topological polar surface area (TPSA) is 111 Å². The Balaban J connectivity index is 1.79. The number of primary sulfonamides is 1. The first-order valence-electron chi connectivity index (χ1n) is 6.67. The molecule has 1 saturated heterocycles. The minimum atomic E-state index is -3.66. The molecule has 1 aliphatic rings. The molecule has 4 N–H and O–H groups in total. The number of ether oxygens (including phenoxy) is 1. The van der Waals surface area contributed by atoms with Crippen molar-refractivity contribution in [2.45, 2.75) is 17.4 Å². The van der Waals surface area contributed by atoms with Crippen LogP contribution >= 0.6 is 0 Å². The lowest BCUT2D eigenvalue weighted by Crippen LogP contribution is -2.51. The van der Waals surface area contributed by atoms with Crippen LogP contribution in [-0.4, -0.2) is 46.7 Å². The lowest BCUT2D eigenvalue weighted by atomic mass is 10.1. The molecule has 1 atom stereocenters. The summed E-state index contributed by atoms with van der Waals surface area (Å²) in [6, 6.07) is 6.00. The van der Waals surface area contributed by atoms with Gasteiger partial charge in [-0.25, -0.2) is 13.6 Å². The highest BCUT2D eigenvalue weighted by Crippen LogP contribution is 2.08. The fraction of sp³-hybridized carbons (Fsp3) is 0.462. The molecule has 21 heavy (non-hydrogen) atoms. The predicted molar refractivity (Wildman–Crippen MR) is 77.1 cm³/mol. The molecular weight excluding hydrogens is 294 g/mol. The lowest BCUT2D eigenvalue weighted by molar-refractivity contribution is -0.125. The Morgan fingerprint density at radius 3 is 2.67 bits per heavy atom. The van der Waals surface area contributed by atoms with Crippen molar-refractivity contribution in [3.63, 3.8) is 0 Å². The molecule has 0 bridgehead atoms. The quantitative estimate of drug-likeness (QED) is 0.644. The number of hydrogen-bond donors (Lipinski definition) is 3. The Labute approximate surface area is 123 Å². The molecule has 1 aromatic rings. The van der Waals surface area contributed by atoms with Gasteiger partial charge >= 0.3 is 0 Å². The third-order valence-electron chi connectivity index (χ3n) is 3.20. The number of amides is 1. The highest BCUT2D eigenvalue weighted by molar-refractivity contribution is 7.89. The number of carbonyl (C=O) groups is 1. The fourth-order valence-corrected chi connectivity index (χ4v) is 2.55. The molecule has 1 aliphatic heterocycles. The first-order chi connectivity index (χ1) is 9.97. The van der Waals surface area contributed by atoms with E-state index >= 15 is 0 Å². The summed E-state index contributed by atoms with van der Waals surface area (Å²) in [7, 11) is -3.66.